The molecular formula is C8H8N4O3. The van der Waals surface area contributed by atoms with Gasteiger partial charge in [0.2, 0.25) is 0 Å². The highest BCUT2D eigenvalue weighted by atomic mass is 16.4. The van der Waals surface area contributed by atoms with Gasteiger partial charge in [0.15, 0.2) is 5.65 Å². The molecule has 7 nitrogen and oxygen atoms in total. The molecule has 2 aromatic heterocycles. The molecule has 0 fully saturated rings. The highest BCUT2D eigenvalue weighted by molar-refractivity contribution is 6.02. The van der Waals surface area contributed by atoms with Crippen LogP contribution in [0.3, 0.4) is 0 Å². The normalized spacial score (nSPS) is 10.7. The number of fused-ring (bicyclic) bond motifs is 1. The molecule has 0 aliphatic carbocycles. The van der Waals surface area contributed by atoms with E-state index in [4.69, 9.17) is 10.8 Å². The minimum Gasteiger partial charge on any atom is -0.478 e. The number of nitrogens with zero attached hydrogens (tertiary/aromatic N) is 2. The SMILES string of the molecule is Cn1[nH]c(=O)c2c(N)c(C(=O)O)cnc21. The number of hydrogen-bond donors (Lipinski definition) is 3. The molecule has 0 aliphatic heterocycles. The van der Waals surface area contributed by atoms with E-state index in [1.54, 1.807) is 7.05 Å². The number of aromatic carboxylic acids is 1. The number of aryl methyl sites for hydroxylation is 1. The van der Waals surface area contributed by atoms with Gasteiger partial charge in [-0.15, -0.1) is 0 Å². The smallest absolute Gasteiger partial charge is 0.339 e. The number of nitrogen functional groups attached to an aromatic ring is 1. The fourth-order valence-corrected chi connectivity index (χ4v) is 1.42. The molecule has 0 aliphatic rings. The first kappa shape index (κ1) is 9.25. The second kappa shape index (κ2) is 2.84. The van der Waals surface area contributed by atoms with Crippen LogP contribution in [0.2, 0.25) is 0 Å². The Hall–Kier alpha value is -2.31. The number of nitrogens with one attached hydrogen (secondary N) is 1. The lowest BCUT2D eigenvalue weighted by atomic mass is 10.2. The molecule has 0 unspecified atom stereocenters. The van der Waals surface area contributed by atoms with Crippen LogP contribution in [0.5, 0.6) is 0 Å². The number of carboxylic acids is 1. The number of aromatic nitrogens is 3. The summed E-state index contributed by atoms with van der Waals surface area (Å²) in [5.74, 6) is -1.20. The summed E-state index contributed by atoms with van der Waals surface area (Å²) in [6, 6.07) is 0. The highest BCUT2D eigenvalue weighted by Gasteiger charge is 2.16. The lowest BCUT2D eigenvalue weighted by Crippen LogP contribution is -2.07. The van der Waals surface area contributed by atoms with Crippen molar-refractivity contribution in [1.82, 2.24) is 14.8 Å². The van der Waals surface area contributed by atoms with Crippen LogP contribution in [0.1, 0.15) is 10.4 Å². The molecule has 0 spiro atoms. The number of aromatic amines is 1. The van der Waals surface area contributed by atoms with E-state index in [-0.39, 0.29) is 16.6 Å². The van der Waals surface area contributed by atoms with Gasteiger partial charge in [-0.3, -0.25) is 14.6 Å². The van der Waals surface area contributed by atoms with Gasteiger partial charge in [-0.25, -0.2) is 9.78 Å². The van der Waals surface area contributed by atoms with Crippen molar-refractivity contribution in [1.29, 1.82) is 0 Å². The first-order valence-corrected chi connectivity index (χ1v) is 4.09. The van der Waals surface area contributed by atoms with Crippen LogP contribution >= 0.6 is 0 Å². The van der Waals surface area contributed by atoms with E-state index < -0.39 is 11.5 Å². The maximum Gasteiger partial charge on any atom is 0.339 e. The van der Waals surface area contributed by atoms with Gasteiger partial charge in [0.05, 0.1) is 5.69 Å². The largest absolute Gasteiger partial charge is 0.478 e. The van der Waals surface area contributed by atoms with Crippen molar-refractivity contribution < 1.29 is 9.90 Å². The monoisotopic (exact) mass is 208 g/mol. The van der Waals surface area contributed by atoms with Crippen molar-refractivity contribution >= 4 is 22.7 Å². The predicted molar refractivity (Wildman–Crippen MR) is 52.7 cm³/mol. The quantitative estimate of drug-likeness (QED) is 0.586. The van der Waals surface area contributed by atoms with E-state index in [1.165, 1.54) is 4.68 Å². The van der Waals surface area contributed by atoms with Gasteiger partial charge >= 0.3 is 5.97 Å². The first-order chi connectivity index (χ1) is 7.02. The van der Waals surface area contributed by atoms with Crippen molar-refractivity contribution in [3.63, 3.8) is 0 Å². The van der Waals surface area contributed by atoms with Crippen molar-refractivity contribution in [2.75, 3.05) is 5.73 Å². The summed E-state index contributed by atoms with van der Waals surface area (Å²) in [6.45, 7) is 0. The second-order valence-corrected chi connectivity index (χ2v) is 3.09. The summed E-state index contributed by atoms with van der Waals surface area (Å²) in [5.41, 5.74) is 5.24. The van der Waals surface area contributed by atoms with Gasteiger partial charge in [0, 0.05) is 13.2 Å². The van der Waals surface area contributed by atoms with Crippen LogP contribution in [-0.2, 0) is 7.05 Å². The number of pyridine rings is 1. The van der Waals surface area contributed by atoms with E-state index >= 15 is 0 Å². The van der Waals surface area contributed by atoms with Crippen molar-refractivity contribution in [3.8, 4) is 0 Å². The zero-order valence-corrected chi connectivity index (χ0v) is 7.81. The minimum absolute atomic E-state index is 0.0608. The number of anilines is 1. The fourth-order valence-electron chi connectivity index (χ4n) is 1.42. The van der Waals surface area contributed by atoms with Crippen molar-refractivity contribution in [2.24, 2.45) is 7.05 Å². The van der Waals surface area contributed by atoms with E-state index in [0.29, 0.717) is 5.65 Å². The Kier molecular flexibility index (Phi) is 1.75. The third-order valence-electron chi connectivity index (χ3n) is 2.14. The first-order valence-electron chi connectivity index (χ1n) is 4.09. The molecule has 7 heteroatoms. The minimum atomic E-state index is -1.20. The summed E-state index contributed by atoms with van der Waals surface area (Å²) >= 11 is 0. The van der Waals surface area contributed by atoms with Gasteiger partial charge in [-0.2, -0.15) is 0 Å². The molecule has 2 rings (SSSR count). The van der Waals surface area contributed by atoms with Crippen LogP contribution in [0, 0.1) is 0 Å². The molecule has 0 amide bonds. The van der Waals surface area contributed by atoms with Gasteiger partial charge in [-0.1, -0.05) is 0 Å². The maximum atomic E-state index is 11.4. The summed E-state index contributed by atoms with van der Waals surface area (Å²) in [5, 5.41) is 11.3. The van der Waals surface area contributed by atoms with Gasteiger partial charge in [0.25, 0.3) is 5.56 Å². The standard InChI is InChI=1S/C8H8N4O3/c1-12-6-4(7(13)11-12)5(9)3(2-10-6)8(14)15/h2H,1H3,(H2,9,10)(H,11,13)(H,14,15). The molecule has 0 saturated carbocycles. The number of carbonyl (C=O) groups is 1. The molecule has 0 bridgehead atoms. The number of rotatable bonds is 1. The van der Waals surface area contributed by atoms with E-state index in [1.807, 2.05) is 0 Å². The van der Waals surface area contributed by atoms with Crippen molar-refractivity contribution in [3.05, 3.63) is 22.1 Å². The molecular weight excluding hydrogens is 200 g/mol. The number of hydrogen-bond acceptors (Lipinski definition) is 4. The molecule has 0 radical (unpaired) electrons. The Bertz CT molecular complexity index is 610. The van der Waals surface area contributed by atoms with Crippen molar-refractivity contribution in [2.45, 2.75) is 0 Å². The molecule has 2 heterocycles. The predicted octanol–water partition coefficient (Wildman–Crippen LogP) is -0.458. The lowest BCUT2D eigenvalue weighted by Gasteiger charge is -2.00. The second-order valence-electron chi connectivity index (χ2n) is 3.09. The highest BCUT2D eigenvalue weighted by Crippen LogP contribution is 2.18. The van der Waals surface area contributed by atoms with Crippen LogP contribution in [-0.4, -0.2) is 25.8 Å². The van der Waals surface area contributed by atoms with Gasteiger partial charge < -0.3 is 10.8 Å². The maximum absolute atomic E-state index is 11.4. The van der Waals surface area contributed by atoms with Gasteiger partial charge in [-0.05, 0) is 0 Å². The average Bonchev–Trinajstić information content (AvgIpc) is 2.43. The summed E-state index contributed by atoms with van der Waals surface area (Å²) < 4.78 is 1.39. The molecule has 78 valence electrons. The van der Waals surface area contributed by atoms with Crippen LogP contribution < -0.4 is 11.3 Å². The average molecular weight is 208 g/mol. The Balaban J connectivity index is 2.96. The fraction of sp³-hybridized carbons (Fsp3) is 0.125. The Labute approximate surface area is 83.1 Å². The molecule has 0 saturated heterocycles. The number of nitrogens with two attached hydrogens (primary N) is 1. The van der Waals surface area contributed by atoms with E-state index in [9.17, 15) is 9.59 Å². The summed E-state index contributed by atoms with van der Waals surface area (Å²) in [4.78, 5) is 26.0. The van der Waals surface area contributed by atoms with E-state index in [0.717, 1.165) is 6.20 Å². The molecule has 2 aromatic rings. The van der Waals surface area contributed by atoms with E-state index in [2.05, 4.69) is 10.1 Å². The summed E-state index contributed by atoms with van der Waals surface area (Å²) in [6.07, 6.45) is 1.13. The van der Waals surface area contributed by atoms with Crippen LogP contribution in [0.25, 0.3) is 11.0 Å². The van der Waals surface area contributed by atoms with Crippen LogP contribution in [0.15, 0.2) is 11.0 Å². The van der Waals surface area contributed by atoms with Crippen LogP contribution in [0.4, 0.5) is 5.69 Å². The Morgan fingerprint density at radius 2 is 2.33 bits per heavy atom. The lowest BCUT2D eigenvalue weighted by molar-refractivity contribution is 0.0698. The Morgan fingerprint density at radius 1 is 1.67 bits per heavy atom. The number of H-pyrrole nitrogens is 1. The third kappa shape index (κ3) is 1.17. The zero-order chi connectivity index (χ0) is 11.2. The molecule has 15 heavy (non-hydrogen) atoms. The molecule has 0 aromatic carbocycles. The number of carboxylic acid groups (broad SMARTS) is 1. The molecule has 4 N–H and O–H groups in total. The molecule has 0 atom stereocenters. The summed E-state index contributed by atoms with van der Waals surface area (Å²) in [7, 11) is 1.59. The zero-order valence-electron chi connectivity index (χ0n) is 7.81. The Morgan fingerprint density at radius 3 is 2.93 bits per heavy atom. The third-order valence-corrected chi connectivity index (χ3v) is 2.14. The topological polar surface area (TPSA) is 114 Å². The van der Waals surface area contributed by atoms with Gasteiger partial charge in [0.1, 0.15) is 10.9 Å².